The zero-order chi connectivity index (χ0) is 11.3. The van der Waals surface area contributed by atoms with Gasteiger partial charge in [-0.05, 0) is 19.9 Å². The maximum Gasteiger partial charge on any atom is 0.102 e. The van der Waals surface area contributed by atoms with Crippen molar-refractivity contribution in [3.05, 3.63) is 37.5 Å². The van der Waals surface area contributed by atoms with E-state index in [0.717, 1.165) is 5.70 Å². The van der Waals surface area contributed by atoms with E-state index in [4.69, 9.17) is 5.11 Å². The first-order valence-corrected chi connectivity index (χ1v) is 4.89. The van der Waals surface area contributed by atoms with Crippen LogP contribution >= 0.6 is 0 Å². The van der Waals surface area contributed by atoms with Gasteiger partial charge in [0.1, 0.15) is 6.23 Å². The molecule has 0 aliphatic heterocycles. The molecular formula is C11H17N3O. The number of aliphatic hydroxyl groups is 1. The minimum absolute atomic E-state index is 0.102. The predicted octanol–water partition coefficient (Wildman–Crippen LogP) is 1.23. The second kappa shape index (κ2) is 5.48. The lowest BCUT2D eigenvalue weighted by Crippen LogP contribution is -2.32. The average molecular weight is 207 g/mol. The van der Waals surface area contributed by atoms with Crippen molar-refractivity contribution in [2.75, 3.05) is 0 Å². The molecule has 2 atom stereocenters. The van der Waals surface area contributed by atoms with Crippen LogP contribution in [0.1, 0.15) is 13.8 Å². The number of imidazole rings is 1. The second-order valence-corrected chi connectivity index (χ2v) is 3.45. The Morgan fingerprint density at radius 2 is 2.33 bits per heavy atom. The number of nitrogens with zero attached hydrogens (tertiary/aromatic N) is 2. The third-order valence-electron chi connectivity index (χ3n) is 1.92. The Hall–Kier alpha value is -1.39. The van der Waals surface area contributed by atoms with Crippen molar-refractivity contribution in [3.8, 4) is 0 Å². The first kappa shape index (κ1) is 11.7. The van der Waals surface area contributed by atoms with Crippen molar-refractivity contribution in [2.24, 2.45) is 0 Å². The molecular weight excluding hydrogens is 190 g/mol. The highest BCUT2D eigenvalue weighted by molar-refractivity contribution is 5.53. The van der Waals surface area contributed by atoms with Crippen molar-refractivity contribution in [2.45, 2.75) is 26.1 Å². The van der Waals surface area contributed by atoms with Crippen LogP contribution in [-0.4, -0.2) is 26.9 Å². The first-order valence-electron chi connectivity index (χ1n) is 4.89. The molecule has 1 rings (SSSR count). The van der Waals surface area contributed by atoms with Gasteiger partial charge < -0.3 is 9.67 Å². The number of nitrogens with one attached hydrogen (secondary N) is 1. The first-order chi connectivity index (χ1) is 7.09. The summed E-state index contributed by atoms with van der Waals surface area (Å²) in [7, 11) is 0. The summed E-state index contributed by atoms with van der Waals surface area (Å²) in [5.41, 5.74) is 0.840. The molecule has 0 aliphatic carbocycles. The van der Waals surface area contributed by atoms with Gasteiger partial charge in [-0.15, -0.1) is 0 Å². The van der Waals surface area contributed by atoms with Crippen LogP contribution in [0.3, 0.4) is 0 Å². The van der Waals surface area contributed by atoms with E-state index < -0.39 is 6.23 Å². The number of rotatable bonds is 5. The van der Waals surface area contributed by atoms with Gasteiger partial charge in [0, 0.05) is 24.1 Å². The summed E-state index contributed by atoms with van der Waals surface area (Å²) in [5.74, 6) is 0. The lowest BCUT2D eigenvalue weighted by molar-refractivity contribution is 0.150. The monoisotopic (exact) mass is 207 g/mol. The predicted molar refractivity (Wildman–Crippen MR) is 61.0 cm³/mol. The highest BCUT2D eigenvalue weighted by atomic mass is 16.3. The minimum atomic E-state index is -0.508. The molecule has 0 spiro atoms. The molecule has 2 unspecified atom stereocenters. The molecule has 0 radical (unpaired) electrons. The van der Waals surface area contributed by atoms with Gasteiger partial charge in [-0.2, -0.15) is 0 Å². The van der Waals surface area contributed by atoms with Gasteiger partial charge in [0.2, 0.25) is 0 Å². The zero-order valence-electron chi connectivity index (χ0n) is 9.09. The van der Waals surface area contributed by atoms with Crippen LogP contribution in [-0.2, 0) is 0 Å². The van der Waals surface area contributed by atoms with Crippen LogP contribution in [0.2, 0.25) is 0 Å². The van der Waals surface area contributed by atoms with Gasteiger partial charge in [0.25, 0.3) is 0 Å². The minimum Gasteiger partial charge on any atom is -0.379 e. The van der Waals surface area contributed by atoms with Crippen LogP contribution in [0.25, 0.3) is 5.70 Å². The Morgan fingerprint density at radius 1 is 1.60 bits per heavy atom. The Balaban J connectivity index is 2.47. The highest BCUT2D eigenvalue weighted by Crippen LogP contribution is 2.02. The van der Waals surface area contributed by atoms with E-state index in [1.54, 1.807) is 19.4 Å². The maximum absolute atomic E-state index is 9.09. The molecule has 15 heavy (non-hydrogen) atoms. The van der Waals surface area contributed by atoms with Crippen molar-refractivity contribution in [3.63, 3.8) is 0 Å². The number of allylic oxidation sites excluding steroid dienone is 2. The largest absolute Gasteiger partial charge is 0.379 e. The van der Waals surface area contributed by atoms with Gasteiger partial charge in [0.05, 0.1) is 6.33 Å². The van der Waals surface area contributed by atoms with Gasteiger partial charge in [-0.3, -0.25) is 5.32 Å². The molecule has 0 fully saturated rings. The molecule has 1 aromatic heterocycles. The van der Waals surface area contributed by atoms with Crippen LogP contribution in [0.15, 0.2) is 37.5 Å². The SMILES string of the molecule is C=C(/C=C\C(C)NC(C)O)n1ccnc1. The van der Waals surface area contributed by atoms with Gasteiger partial charge in [-0.1, -0.05) is 12.7 Å². The normalized spacial score (nSPS) is 15.4. The van der Waals surface area contributed by atoms with Crippen LogP contribution in [0, 0.1) is 0 Å². The molecule has 0 saturated heterocycles. The van der Waals surface area contributed by atoms with E-state index in [0.29, 0.717) is 0 Å². The van der Waals surface area contributed by atoms with Crippen molar-refractivity contribution in [1.82, 2.24) is 14.9 Å². The summed E-state index contributed by atoms with van der Waals surface area (Å²) < 4.78 is 1.82. The third-order valence-corrected chi connectivity index (χ3v) is 1.92. The highest BCUT2D eigenvalue weighted by Gasteiger charge is 1.99. The number of aromatic nitrogens is 2. The summed E-state index contributed by atoms with van der Waals surface area (Å²) in [4.78, 5) is 3.93. The molecule has 0 bridgehead atoms. The van der Waals surface area contributed by atoms with Crippen molar-refractivity contribution in [1.29, 1.82) is 0 Å². The molecule has 2 N–H and O–H groups in total. The van der Waals surface area contributed by atoms with Gasteiger partial charge >= 0.3 is 0 Å². The molecule has 1 aromatic rings. The molecule has 4 nitrogen and oxygen atoms in total. The fourth-order valence-corrected chi connectivity index (χ4v) is 1.21. The Kier molecular flexibility index (Phi) is 4.27. The van der Waals surface area contributed by atoms with Crippen LogP contribution < -0.4 is 5.32 Å². The molecule has 0 aromatic carbocycles. The van der Waals surface area contributed by atoms with E-state index in [1.165, 1.54) is 0 Å². The summed E-state index contributed by atoms with van der Waals surface area (Å²) >= 11 is 0. The average Bonchev–Trinajstić information content (AvgIpc) is 2.65. The van der Waals surface area contributed by atoms with E-state index >= 15 is 0 Å². The van der Waals surface area contributed by atoms with Gasteiger partial charge in [-0.25, -0.2) is 4.98 Å². The molecule has 4 heteroatoms. The molecule has 1 heterocycles. The summed E-state index contributed by atoms with van der Waals surface area (Å²) in [6.45, 7) is 7.55. The quantitative estimate of drug-likeness (QED) is 0.564. The zero-order valence-corrected chi connectivity index (χ0v) is 9.09. The lowest BCUT2D eigenvalue weighted by Gasteiger charge is -2.11. The van der Waals surface area contributed by atoms with Crippen molar-refractivity contribution < 1.29 is 5.11 Å². The Morgan fingerprint density at radius 3 is 2.87 bits per heavy atom. The smallest absolute Gasteiger partial charge is 0.102 e. The number of hydrogen-bond acceptors (Lipinski definition) is 3. The molecule has 0 saturated carbocycles. The van der Waals surface area contributed by atoms with E-state index in [9.17, 15) is 0 Å². The topological polar surface area (TPSA) is 50.1 Å². The number of hydrogen-bond donors (Lipinski definition) is 2. The summed E-state index contributed by atoms with van der Waals surface area (Å²) in [6, 6.07) is 0.102. The molecule has 0 aliphatic rings. The van der Waals surface area contributed by atoms with E-state index in [-0.39, 0.29) is 6.04 Å². The fraction of sp³-hybridized carbons (Fsp3) is 0.364. The lowest BCUT2D eigenvalue weighted by atomic mass is 10.2. The second-order valence-electron chi connectivity index (χ2n) is 3.45. The fourth-order valence-electron chi connectivity index (χ4n) is 1.21. The van der Waals surface area contributed by atoms with E-state index in [2.05, 4.69) is 16.9 Å². The molecule has 0 amide bonds. The third kappa shape index (κ3) is 4.10. The Bertz CT molecular complexity index is 328. The standard InChI is InChI=1S/C11H17N3O/c1-9(13-11(3)15)4-5-10(2)14-7-6-12-8-14/h4-9,11,13,15H,2H2,1,3H3/b5-4-. The number of aliphatic hydroxyl groups excluding tert-OH is 1. The molecule has 82 valence electrons. The van der Waals surface area contributed by atoms with E-state index in [1.807, 2.05) is 29.8 Å². The van der Waals surface area contributed by atoms with Crippen molar-refractivity contribution >= 4 is 5.70 Å². The van der Waals surface area contributed by atoms with Crippen LogP contribution in [0.4, 0.5) is 0 Å². The maximum atomic E-state index is 9.09. The van der Waals surface area contributed by atoms with Crippen LogP contribution in [0.5, 0.6) is 0 Å². The summed E-state index contributed by atoms with van der Waals surface area (Å²) in [6.07, 6.45) is 8.55. The van der Waals surface area contributed by atoms with Gasteiger partial charge in [0.15, 0.2) is 0 Å². The summed E-state index contributed by atoms with van der Waals surface area (Å²) in [5, 5.41) is 12.0. The Labute approximate surface area is 90.0 Å².